The topological polar surface area (TPSA) is 86.8 Å². The van der Waals surface area contributed by atoms with Gasteiger partial charge < -0.3 is 10.2 Å². The highest BCUT2D eigenvalue weighted by atomic mass is 35.5. The lowest BCUT2D eigenvalue weighted by Gasteiger charge is -2.34. The predicted octanol–water partition coefficient (Wildman–Crippen LogP) is 5.62. The van der Waals surface area contributed by atoms with Crippen molar-refractivity contribution in [2.75, 3.05) is 23.7 Å². The third kappa shape index (κ3) is 8.71. The van der Waals surface area contributed by atoms with Crippen LogP contribution in [-0.4, -0.2) is 50.5 Å². The number of anilines is 1. The quantitative estimate of drug-likeness (QED) is 0.257. The van der Waals surface area contributed by atoms with Crippen LogP contribution in [0.15, 0.2) is 72.8 Å². The fourth-order valence-electron chi connectivity index (χ4n) is 4.24. The van der Waals surface area contributed by atoms with Crippen LogP contribution in [0.3, 0.4) is 0 Å². The monoisotopic (exact) mass is 603 g/mol. The van der Waals surface area contributed by atoms with E-state index in [4.69, 9.17) is 23.2 Å². The second-order valence-electron chi connectivity index (χ2n) is 9.68. The van der Waals surface area contributed by atoms with E-state index < -0.39 is 28.5 Å². The van der Waals surface area contributed by atoms with Crippen LogP contribution in [-0.2, 0) is 32.6 Å². The van der Waals surface area contributed by atoms with Crippen molar-refractivity contribution >= 4 is 50.7 Å². The second-order valence-corrected chi connectivity index (χ2v) is 12.4. The summed E-state index contributed by atoms with van der Waals surface area (Å²) in [5, 5.41) is 3.63. The Hall–Kier alpha value is -3.07. The Morgan fingerprint density at radius 1 is 0.925 bits per heavy atom. The van der Waals surface area contributed by atoms with Crippen molar-refractivity contribution in [1.29, 1.82) is 0 Å². The molecule has 0 fully saturated rings. The molecule has 0 unspecified atom stereocenters. The highest BCUT2D eigenvalue weighted by molar-refractivity contribution is 7.92. The maximum absolute atomic E-state index is 14.1. The van der Waals surface area contributed by atoms with Crippen molar-refractivity contribution < 1.29 is 18.0 Å². The lowest BCUT2D eigenvalue weighted by molar-refractivity contribution is -0.140. The number of amides is 2. The van der Waals surface area contributed by atoms with Crippen molar-refractivity contribution in [3.05, 3.63) is 99.5 Å². The van der Waals surface area contributed by atoms with Gasteiger partial charge in [-0.3, -0.25) is 13.9 Å². The van der Waals surface area contributed by atoms with E-state index in [1.54, 1.807) is 42.5 Å². The third-order valence-corrected chi connectivity index (χ3v) is 8.34. The molecule has 3 aromatic rings. The van der Waals surface area contributed by atoms with Gasteiger partial charge in [-0.1, -0.05) is 90.6 Å². The van der Waals surface area contributed by atoms with Crippen molar-refractivity contribution in [2.24, 2.45) is 0 Å². The van der Waals surface area contributed by atoms with Crippen LogP contribution in [0.4, 0.5) is 5.69 Å². The summed E-state index contributed by atoms with van der Waals surface area (Å²) in [6.45, 7) is 3.78. The van der Waals surface area contributed by atoms with Gasteiger partial charge in [0.2, 0.25) is 21.8 Å². The van der Waals surface area contributed by atoms with E-state index in [0.717, 1.165) is 34.5 Å². The van der Waals surface area contributed by atoms with E-state index in [-0.39, 0.29) is 18.9 Å². The van der Waals surface area contributed by atoms with Gasteiger partial charge in [0.05, 0.1) is 11.9 Å². The normalized spacial score (nSPS) is 12.0. The average Bonchev–Trinajstić information content (AvgIpc) is 2.91. The van der Waals surface area contributed by atoms with Crippen molar-refractivity contribution in [3.63, 3.8) is 0 Å². The molecule has 7 nitrogen and oxygen atoms in total. The van der Waals surface area contributed by atoms with E-state index >= 15 is 0 Å². The zero-order valence-electron chi connectivity index (χ0n) is 22.9. The number of rotatable bonds is 13. The molecule has 10 heteroatoms. The maximum Gasteiger partial charge on any atom is 0.244 e. The van der Waals surface area contributed by atoms with Gasteiger partial charge in [-0.2, -0.15) is 0 Å². The minimum Gasteiger partial charge on any atom is -0.354 e. The number of hydrogen-bond donors (Lipinski definition) is 1. The molecule has 3 rings (SSSR count). The molecule has 0 heterocycles. The highest BCUT2D eigenvalue weighted by Gasteiger charge is 2.33. The molecule has 0 bridgehead atoms. The van der Waals surface area contributed by atoms with Crippen LogP contribution < -0.4 is 9.62 Å². The minimum absolute atomic E-state index is 0.0818. The van der Waals surface area contributed by atoms with Crippen molar-refractivity contribution in [1.82, 2.24) is 10.2 Å². The smallest absolute Gasteiger partial charge is 0.244 e. The first-order valence-corrected chi connectivity index (χ1v) is 15.7. The van der Waals surface area contributed by atoms with Crippen LogP contribution >= 0.6 is 23.2 Å². The van der Waals surface area contributed by atoms with E-state index in [9.17, 15) is 18.0 Å². The number of nitrogens with one attached hydrogen (secondary N) is 1. The van der Waals surface area contributed by atoms with E-state index in [2.05, 4.69) is 5.32 Å². The second kappa shape index (κ2) is 14.5. The van der Waals surface area contributed by atoms with Gasteiger partial charge in [-0.25, -0.2) is 8.42 Å². The summed E-state index contributed by atoms with van der Waals surface area (Å²) in [7, 11) is -3.84. The molecular formula is C30H35Cl2N3O4S. The summed E-state index contributed by atoms with van der Waals surface area (Å²) >= 11 is 13.0. The van der Waals surface area contributed by atoms with Crippen LogP contribution in [0.1, 0.15) is 36.5 Å². The lowest BCUT2D eigenvalue weighted by atomic mass is 10.0. The largest absolute Gasteiger partial charge is 0.354 e. The maximum atomic E-state index is 14.1. The molecule has 1 atom stereocenters. The first-order chi connectivity index (χ1) is 19.0. The molecule has 1 N–H and O–H groups in total. The number of carbonyl (C=O) groups excluding carboxylic acids is 2. The Morgan fingerprint density at radius 3 is 2.12 bits per heavy atom. The van der Waals surface area contributed by atoms with E-state index in [1.165, 1.54) is 4.90 Å². The number of carbonyl (C=O) groups is 2. The van der Waals surface area contributed by atoms with Gasteiger partial charge in [0.15, 0.2) is 0 Å². The number of nitrogens with zero attached hydrogens (tertiary/aromatic N) is 2. The SMILES string of the molecule is CCCCNC(=O)[C@@H](Cc1ccccc1)N(Cc1c(Cl)cccc1Cl)C(=O)CN(c1ccc(C)cc1)S(C)(=O)=O. The van der Waals surface area contributed by atoms with Gasteiger partial charge in [0, 0.05) is 35.1 Å². The Labute approximate surface area is 247 Å². The molecule has 40 heavy (non-hydrogen) atoms. The van der Waals surface area contributed by atoms with Gasteiger partial charge in [0.1, 0.15) is 12.6 Å². The average molecular weight is 605 g/mol. The fraction of sp³-hybridized carbons (Fsp3) is 0.333. The Morgan fingerprint density at radius 2 is 1.55 bits per heavy atom. The molecule has 0 aromatic heterocycles. The van der Waals surface area contributed by atoms with E-state index in [1.807, 2.05) is 44.2 Å². The molecule has 0 aliphatic rings. The molecule has 3 aromatic carbocycles. The molecule has 0 radical (unpaired) electrons. The van der Waals surface area contributed by atoms with Crippen LogP contribution in [0.5, 0.6) is 0 Å². The Bertz CT molecular complexity index is 1380. The summed E-state index contributed by atoms with van der Waals surface area (Å²) in [6, 6.07) is 20.3. The molecule has 0 aliphatic heterocycles. The molecule has 0 spiro atoms. The molecule has 0 saturated carbocycles. The first-order valence-electron chi connectivity index (χ1n) is 13.1. The molecule has 0 saturated heterocycles. The predicted molar refractivity (Wildman–Crippen MR) is 162 cm³/mol. The first kappa shape index (κ1) is 31.5. The summed E-state index contributed by atoms with van der Waals surface area (Å²) in [6.07, 6.45) is 2.94. The number of sulfonamides is 1. The van der Waals surface area contributed by atoms with Crippen LogP contribution in [0.2, 0.25) is 10.0 Å². The Balaban J connectivity index is 2.07. The molecule has 0 aliphatic carbocycles. The number of hydrogen-bond acceptors (Lipinski definition) is 4. The lowest BCUT2D eigenvalue weighted by Crippen LogP contribution is -2.53. The van der Waals surface area contributed by atoms with Gasteiger partial charge >= 0.3 is 0 Å². The van der Waals surface area contributed by atoms with Crippen LogP contribution in [0.25, 0.3) is 0 Å². The Kier molecular flexibility index (Phi) is 11.4. The summed E-state index contributed by atoms with van der Waals surface area (Å²) in [5.74, 6) is -0.899. The zero-order chi connectivity index (χ0) is 29.3. The third-order valence-electron chi connectivity index (χ3n) is 6.49. The van der Waals surface area contributed by atoms with Crippen molar-refractivity contribution in [2.45, 2.75) is 45.7 Å². The molecule has 2 amide bonds. The number of halogens is 2. The minimum atomic E-state index is -3.84. The fourth-order valence-corrected chi connectivity index (χ4v) is 5.61. The van der Waals surface area contributed by atoms with Crippen LogP contribution in [0, 0.1) is 6.92 Å². The number of benzene rings is 3. The van der Waals surface area contributed by atoms with Crippen molar-refractivity contribution in [3.8, 4) is 0 Å². The number of unbranched alkanes of at least 4 members (excludes halogenated alkanes) is 1. The van der Waals surface area contributed by atoms with Gasteiger partial charge in [0.25, 0.3) is 0 Å². The van der Waals surface area contributed by atoms with Gasteiger partial charge in [-0.15, -0.1) is 0 Å². The standard InChI is InChI=1S/C30H35Cl2N3O4S/c1-4-5-18-33-30(37)28(19-23-10-7-6-8-11-23)34(20-25-26(31)12-9-13-27(25)32)29(36)21-35(40(3,38)39)24-16-14-22(2)15-17-24/h6-17,28H,4-5,18-21H2,1-3H3,(H,33,37)/t28-/m1/s1. The molecular weight excluding hydrogens is 569 g/mol. The van der Waals surface area contributed by atoms with E-state index in [0.29, 0.717) is 27.8 Å². The molecule has 214 valence electrons. The summed E-state index contributed by atoms with van der Waals surface area (Å²) in [5.41, 5.74) is 2.62. The highest BCUT2D eigenvalue weighted by Crippen LogP contribution is 2.28. The van der Waals surface area contributed by atoms with Gasteiger partial charge in [-0.05, 0) is 43.2 Å². The zero-order valence-corrected chi connectivity index (χ0v) is 25.3. The summed E-state index contributed by atoms with van der Waals surface area (Å²) < 4.78 is 26.7. The summed E-state index contributed by atoms with van der Waals surface area (Å²) in [4.78, 5) is 29.1. The number of aryl methyl sites for hydroxylation is 1.